The molecule has 146 valence electrons. The Morgan fingerprint density at radius 1 is 1.26 bits per heavy atom. The highest BCUT2D eigenvalue weighted by Crippen LogP contribution is 2.25. The van der Waals surface area contributed by atoms with Crippen molar-refractivity contribution in [2.75, 3.05) is 18.4 Å². The van der Waals surface area contributed by atoms with E-state index in [1.165, 1.54) is 10.6 Å². The standard InChI is InChI=1S/C19H26N4O3S/c1-4-22-12-18(20-13-22)27(25,26)23-9-7-16(8-10-23)19(24)21-17-6-5-14(2)11-15(17)3/h5-6,11-13,16H,4,7-10H2,1-3H3,(H,21,24). The van der Waals surface area contributed by atoms with Gasteiger partial charge in [0, 0.05) is 37.4 Å². The van der Waals surface area contributed by atoms with Gasteiger partial charge in [-0.15, -0.1) is 0 Å². The van der Waals surface area contributed by atoms with Gasteiger partial charge in [-0.2, -0.15) is 4.31 Å². The fourth-order valence-corrected chi connectivity index (χ4v) is 4.73. The van der Waals surface area contributed by atoms with Crippen LogP contribution in [0.4, 0.5) is 5.69 Å². The third kappa shape index (κ3) is 4.22. The van der Waals surface area contributed by atoms with E-state index in [1.54, 1.807) is 10.8 Å². The Balaban J connectivity index is 1.61. The normalized spacial score (nSPS) is 16.4. The molecule has 1 aliphatic heterocycles. The number of nitrogens with one attached hydrogen (secondary N) is 1. The molecule has 3 rings (SSSR count). The lowest BCUT2D eigenvalue weighted by Gasteiger charge is -2.30. The minimum atomic E-state index is -3.60. The zero-order valence-electron chi connectivity index (χ0n) is 16.0. The van der Waals surface area contributed by atoms with Gasteiger partial charge in [0.05, 0.1) is 6.33 Å². The van der Waals surface area contributed by atoms with Crippen LogP contribution in [0.5, 0.6) is 0 Å². The first kappa shape index (κ1) is 19.6. The van der Waals surface area contributed by atoms with Crippen LogP contribution >= 0.6 is 0 Å². The summed E-state index contributed by atoms with van der Waals surface area (Å²) in [4.78, 5) is 16.6. The van der Waals surface area contributed by atoms with Crippen molar-refractivity contribution in [3.63, 3.8) is 0 Å². The highest BCUT2D eigenvalue weighted by Gasteiger charge is 2.33. The molecular weight excluding hydrogens is 364 g/mol. The number of hydrogen-bond donors (Lipinski definition) is 1. The molecule has 0 radical (unpaired) electrons. The van der Waals surface area contributed by atoms with E-state index < -0.39 is 10.0 Å². The first-order chi connectivity index (χ1) is 12.8. The Hall–Kier alpha value is -2.19. The number of anilines is 1. The molecule has 1 aliphatic rings. The third-order valence-corrected chi connectivity index (χ3v) is 6.83. The second-order valence-corrected chi connectivity index (χ2v) is 8.91. The molecule has 1 aromatic carbocycles. The molecule has 27 heavy (non-hydrogen) atoms. The predicted octanol–water partition coefficient (Wildman–Crippen LogP) is 2.56. The van der Waals surface area contributed by atoms with Gasteiger partial charge in [-0.05, 0) is 45.2 Å². The Morgan fingerprint density at radius 3 is 2.56 bits per heavy atom. The van der Waals surface area contributed by atoms with Gasteiger partial charge < -0.3 is 9.88 Å². The van der Waals surface area contributed by atoms with E-state index in [0.717, 1.165) is 16.8 Å². The Bertz CT molecular complexity index is 928. The number of carbonyl (C=O) groups excluding carboxylic acids is 1. The van der Waals surface area contributed by atoms with Crippen LogP contribution in [-0.4, -0.2) is 41.3 Å². The minimum absolute atomic E-state index is 0.0470. The number of rotatable bonds is 5. The molecule has 2 aromatic rings. The van der Waals surface area contributed by atoms with Crippen molar-refractivity contribution >= 4 is 21.6 Å². The van der Waals surface area contributed by atoms with Gasteiger partial charge in [-0.3, -0.25) is 4.79 Å². The van der Waals surface area contributed by atoms with Gasteiger partial charge in [-0.1, -0.05) is 17.7 Å². The number of aromatic nitrogens is 2. The van der Waals surface area contributed by atoms with E-state index in [1.807, 2.05) is 39.0 Å². The van der Waals surface area contributed by atoms with E-state index in [-0.39, 0.29) is 16.9 Å². The maximum atomic E-state index is 12.7. The second-order valence-electron chi connectivity index (χ2n) is 7.03. The quantitative estimate of drug-likeness (QED) is 0.850. The first-order valence-electron chi connectivity index (χ1n) is 9.21. The number of imidazole rings is 1. The van der Waals surface area contributed by atoms with E-state index in [0.29, 0.717) is 32.5 Å². The Labute approximate surface area is 160 Å². The van der Waals surface area contributed by atoms with Crippen LogP contribution in [0, 0.1) is 19.8 Å². The molecule has 0 atom stereocenters. The Kier molecular flexibility index (Phi) is 5.67. The highest BCUT2D eigenvalue weighted by atomic mass is 32.2. The van der Waals surface area contributed by atoms with Gasteiger partial charge in [0.25, 0.3) is 10.0 Å². The maximum Gasteiger partial charge on any atom is 0.262 e. The molecule has 2 heterocycles. The molecule has 0 aliphatic carbocycles. The van der Waals surface area contributed by atoms with Crippen molar-refractivity contribution in [3.8, 4) is 0 Å². The molecule has 0 saturated carbocycles. The van der Waals surface area contributed by atoms with Crippen molar-refractivity contribution in [2.24, 2.45) is 5.92 Å². The van der Waals surface area contributed by atoms with Crippen molar-refractivity contribution < 1.29 is 13.2 Å². The number of sulfonamides is 1. The number of carbonyl (C=O) groups is 1. The molecule has 8 heteroatoms. The van der Waals surface area contributed by atoms with E-state index in [2.05, 4.69) is 10.3 Å². The molecule has 7 nitrogen and oxygen atoms in total. The topological polar surface area (TPSA) is 84.3 Å². The number of hydrogen-bond acceptors (Lipinski definition) is 4. The number of benzene rings is 1. The third-order valence-electron chi connectivity index (χ3n) is 5.04. The van der Waals surface area contributed by atoms with Crippen molar-refractivity contribution in [1.29, 1.82) is 0 Å². The highest BCUT2D eigenvalue weighted by molar-refractivity contribution is 7.89. The SMILES string of the molecule is CCn1cnc(S(=O)(=O)N2CCC(C(=O)Nc3ccc(C)cc3C)CC2)c1. The summed E-state index contributed by atoms with van der Waals surface area (Å²) in [6, 6.07) is 5.90. The zero-order valence-corrected chi connectivity index (χ0v) is 16.8. The molecule has 1 N–H and O–H groups in total. The molecule has 1 fully saturated rings. The van der Waals surface area contributed by atoms with E-state index in [9.17, 15) is 13.2 Å². The summed E-state index contributed by atoms with van der Waals surface area (Å²) in [5, 5.41) is 3.05. The number of aryl methyl sites for hydroxylation is 3. The van der Waals surface area contributed by atoms with Crippen LogP contribution in [0.2, 0.25) is 0 Å². The van der Waals surface area contributed by atoms with Crippen LogP contribution in [-0.2, 0) is 21.4 Å². The Morgan fingerprint density at radius 2 is 1.96 bits per heavy atom. The van der Waals surface area contributed by atoms with Crippen LogP contribution in [0.1, 0.15) is 30.9 Å². The van der Waals surface area contributed by atoms with Crippen molar-refractivity contribution in [1.82, 2.24) is 13.9 Å². The summed E-state index contributed by atoms with van der Waals surface area (Å²) in [6.07, 6.45) is 4.08. The largest absolute Gasteiger partial charge is 0.336 e. The fraction of sp³-hybridized carbons (Fsp3) is 0.474. The van der Waals surface area contributed by atoms with Gasteiger partial charge in [0.2, 0.25) is 5.91 Å². The summed E-state index contributed by atoms with van der Waals surface area (Å²) in [6.45, 7) is 7.23. The predicted molar refractivity (Wildman–Crippen MR) is 104 cm³/mol. The molecular formula is C19H26N4O3S. The first-order valence-corrected chi connectivity index (χ1v) is 10.7. The lowest BCUT2D eigenvalue weighted by Crippen LogP contribution is -2.41. The molecule has 1 saturated heterocycles. The molecule has 1 amide bonds. The lowest BCUT2D eigenvalue weighted by molar-refractivity contribution is -0.120. The minimum Gasteiger partial charge on any atom is -0.336 e. The summed E-state index contributed by atoms with van der Waals surface area (Å²) in [7, 11) is -3.60. The second kappa shape index (κ2) is 7.82. The van der Waals surface area contributed by atoms with Gasteiger partial charge >= 0.3 is 0 Å². The maximum absolute atomic E-state index is 12.7. The van der Waals surface area contributed by atoms with E-state index in [4.69, 9.17) is 0 Å². The number of piperidine rings is 1. The van der Waals surface area contributed by atoms with Crippen LogP contribution in [0.25, 0.3) is 0 Å². The van der Waals surface area contributed by atoms with Crippen molar-refractivity contribution in [2.45, 2.75) is 45.2 Å². The number of nitrogens with zero attached hydrogens (tertiary/aromatic N) is 3. The van der Waals surface area contributed by atoms with Gasteiger partial charge in [0.15, 0.2) is 5.03 Å². The summed E-state index contributed by atoms with van der Waals surface area (Å²) < 4.78 is 28.6. The molecule has 0 bridgehead atoms. The van der Waals surface area contributed by atoms with Crippen LogP contribution in [0.15, 0.2) is 35.7 Å². The van der Waals surface area contributed by atoms with Crippen molar-refractivity contribution in [3.05, 3.63) is 41.9 Å². The summed E-state index contributed by atoms with van der Waals surface area (Å²) in [5.74, 6) is -0.236. The monoisotopic (exact) mass is 390 g/mol. The molecule has 0 spiro atoms. The zero-order chi connectivity index (χ0) is 19.6. The van der Waals surface area contributed by atoms with Crippen LogP contribution in [0.3, 0.4) is 0 Å². The smallest absolute Gasteiger partial charge is 0.262 e. The van der Waals surface area contributed by atoms with Gasteiger partial charge in [-0.25, -0.2) is 13.4 Å². The number of amides is 1. The lowest BCUT2D eigenvalue weighted by atomic mass is 9.97. The van der Waals surface area contributed by atoms with Crippen LogP contribution < -0.4 is 5.32 Å². The molecule has 1 aromatic heterocycles. The van der Waals surface area contributed by atoms with Gasteiger partial charge in [0.1, 0.15) is 0 Å². The summed E-state index contributed by atoms with van der Waals surface area (Å²) in [5.41, 5.74) is 2.98. The van der Waals surface area contributed by atoms with E-state index >= 15 is 0 Å². The fourth-order valence-electron chi connectivity index (χ4n) is 3.32. The average Bonchev–Trinajstić information content (AvgIpc) is 3.14. The average molecular weight is 391 g/mol. The summed E-state index contributed by atoms with van der Waals surface area (Å²) >= 11 is 0. The molecule has 0 unspecified atom stereocenters.